The number of thiophene rings is 1. The number of benzene rings is 10. The van der Waals surface area contributed by atoms with Crippen molar-refractivity contribution >= 4 is 75.1 Å². The van der Waals surface area contributed by atoms with Crippen LogP contribution in [-0.2, 0) is 0 Å². The van der Waals surface area contributed by atoms with E-state index in [9.17, 15) is 0 Å². The second-order valence-electron chi connectivity index (χ2n) is 17.6. The quantitative estimate of drug-likeness (QED) is 0.160. The van der Waals surface area contributed by atoms with Gasteiger partial charge in [-0.15, -0.1) is 11.3 Å². The zero-order chi connectivity index (χ0) is 45.4. The number of aromatic nitrogens is 5. The van der Waals surface area contributed by atoms with Gasteiger partial charge in [0, 0.05) is 60.4 Å². The number of nitrogens with zero attached hydrogens (tertiary/aromatic N) is 5. The van der Waals surface area contributed by atoms with E-state index in [-0.39, 0.29) is 0 Å². The highest BCUT2D eigenvalue weighted by Gasteiger charge is 2.22. The van der Waals surface area contributed by atoms with E-state index in [1.54, 1.807) is 0 Å². The molecule has 0 aliphatic heterocycles. The molecule has 0 fully saturated rings. The van der Waals surface area contributed by atoms with Gasteiger partial charge >= 0.3 is 0 Å². The van der Waals surface area contributed by atoms with Crippen LogP contribution in [0.2, 0.25) is 0 Å². The van der Waals surface area contributed by atoms with Crippen LogP contribution in [0.4, 0.5) is 0 Å². The Hall–Kier alpha value is -8.97. The molecule has 0 amide bonds. The van der Waals surface area contributed by atoms with Gasteiger partial charge in [0.25, 0.3) is 0 Å². The van der Waals surface area contributed by atoms with Crippen LogP contribution in [-0.4, -0.2) is 24.1 Å². The predicted molar refractivity (Wildman–Crippen MR) is 289 cm³/mol. The third-order valence-electron chi connectivity index (χ3n) is 13.6. The summed E-state index contributed by atoms with van der Waals surface area (Å²) in [5.41, 5.74) is 14.3. The van der Waals surface area contributed by atoms with Gasteiger partial charge in [-0.2, -0.15) is 0 Å². The Labute approximate surface area is 401 Å². The van der Waals surface area contributed by atoms with Gasteiger partial charge in [-0.05, 0) is 82.9 Å². The van der Waals surface area contributed by atoms with Crippen LogP contribution < -0.4 is 0 Å². The maximum atomic E-state index is 5.21. The molecule has 0 saturated heterocycles. The van der Waals surface area contributed by atoms with Crippen LogP contribution >= 0.6 is 11.3 Å². The highest BCUT2D eigenvalue weighted by molar-refractivity contribution is 7.27. The molecule has 4 heterocycles. The number of rotatable bonds is 7. The molecule has 0 spiro atoms. The molecule has 69 heavy (non-hydrogen) atoms. The normalized spacial score (nSPS) is 11.8. The highest BCUT2D eigenvalue weighted by Crippen LogP contribution is 2.47. The van der Waals surface area contributed by atoms with Crippen LogP contribution in [0.25, 0.3) is 132 Å². The van der Waals surface area contributed by atoms with E-state index in [1.807, 2.05) is 23.5 Å². The first-order chi connectivity index (χ1) is 34.2. The van der Waals surface area contributed by atoms with E-state index in [4.69, 9.17) is 15.0 Å². The van der Waals surface area contributed by atoms with E-state index >= 15 is 0 Å². The topological polar surface area (TPSA) is 48.5 Å². The standard InChI is InChI=1S/C63H39N5S/c1-4-16-40(17-5-1)43-20-14-22-45(38-43)62-64-61(65-63(66-62)46-23-15-21-44(39-46)41-18-6-2-7-19-41)42-30-32-48(33-31-42)68-56-29-13-11-27-50(56)52-35-37-54-53-36-34-51-49-26-10-12-28-55(49)67(47-24-8-3-9-25-47)57(51)59(53)69-60(54)58(52)68/h1-39H. The van der Waals surface area contributed by atoms with Crippen molar-refractivity contribution in [2.75, 3.05) is 0 Å². The molecule has 14 aromatic rings. The van der Waals surface area contributed by atoms with Crippen LogP contribution in [0.3, 0.4) is 0 Å². The second kappa shape index (κ2) is 15.8. The minimum atomic E-state index is 0.615. The largest absolute Gasteiger partial charge is 0.308 e. The third-order valence-corrected chi connectivity index (χ3v) is 14.8. The Kier molecular flexibility index (Phi) is 9.00. The number of hydrogen-bond donors (Lipinski definition) is 0. The maximum Gasteiger partial charge on any atom is 0.164 e. The summed E-state index contributed by atoms with van der Waals surface area (Å²) in [5.74, 6) is 1.86. The maximum absolute atomic E-state index is 5.21. The van der Waals surface area contributed by atoms with Crippen LogP contribution in [0.1, 0.15) is 0 Å². The molecule has 0 N–H and O–H groups in total. The molecule has 0 aliphatic carbocycles. The summed E-state index contributed by atoms with van der Waals surface area (Å²) in [4.78, 5) is 15.6. The van der Waals surface area contributed by atoms with Crippen LogP contribution in [0.5, 0.6) is 0 Å². The number of hydrogen-bond acceptors (Lipinski definition) is 4. The van der Waals surface area contributed by atoms with E-state index in [0.29, 0.717) is 17.5 Å². The molecule has 6 heteroatoms. The summed E-state index contributed by atoms with van der Waals surface area (Å²) in [6.45, 7) is 0. The Morgan fingerprint density at radius 2 is 0.638 bits per heavy atom. The van der Waals surface area contributed by atoms with Gasteiger partial charge in [-0.25, -0.2) is 15.0 Å². The first-order valence-corrected chi connectivity index (χ1v) is 24.1. The smallest absolute Gasteiger partial charge is 0.164 e. The van der Waals surface area contributed by atoms with Crippen molar-refractivity contribution in [2.24, 2.45) is 0 Å². The molecule has 0 unspecified atom stereocenters. The molecule has 0 atom stereocenters. The Bertz CT molecular complexity index is 4180. The van der Waals surface area contributed by atoms with Gasteiger partial charge < -0.3 is 9.13 Å². The van der Waals surface area contributed by atoms with Crippen molar-refractivity contribution < 1.29 is 0 Å². The van der Waals surface area contributed by atoms with Crippen molar-refractivity contribution in [2.45, 2.75) is 0 Å². The molecule has 0 saturated carbocycles. The first-order valence-electron chi connectivity index (χ1n) is 23.3. The first kappa shape index (κ1) is 39.2. The Balaban J connectivity index is 0.947. The van der Waals surface area contributed by atoms with Crippen molar-refractivity contribution in [3.63, 3.8) is 0 Å². The van der Waals surface area contributed by atoms with E-state index in [0.717, 1.165) is 55.8 Å². The highest BCUT2D eigenvalue weighted by atomic mass is 32.1. The lowest BCUT2D eigenvalue weighted by Gasteiger charge is -2.12. The second-order valence-corrected chi connectivity index (χ2v) is 18.6. The number of fused-ring (bicyclic) bond motifs is 11. The third kappa shape index (κ3) is 6.41. The van der Waals surface area contributed by atoms with E-state index in [2.05, 4.69) is 234 Å². The summed E-state index contributed by atoms with van der Waals surface area (Å²) in [6.07, 6.45) is 0. The van der Waals surface area contributed by atoms with Gasteiger partial charge in [0.2, 0.25) is 0 Å². The summed E-state index contributed by atoms with van der Waals surface area (Å²) >= 11 is 1.90. The van der Waals surface area contributed by atoms with Gasteiger partial charge in [0.05, 0.1) is 31.5 Å². The summed E-state index contributed by atoms with van der Waals surface area (Å²) in [5, 5.41) is 7.50. The van der Waals surface area contributed by atoms with Crippen molar-refractivity contribution in [3.8, 4) is 67.8 Å². The zero-order valence-electron chi connectivity index (χ0n) is 37.2. The monoisotopic (exact) mass is 897 g/mol. The molecule has 0 radical (unpaired) electrons. The minimum Gasteiger partial charge on any atom is -0.308 e. The predicted octanol–water partition coefficient (Wildman–Crippen LogP) is 16.8. The molecule has 4 aromatic heterocycles. The fraction of sp³-hybridized carbons (Fsp3) is 0. The Morgan fingerprint density at radius 3 is 1.13 bits per heavy atom. The molecule has 10 aromatic carbocycles. The van der Waals surface area contributed by atoms with Crippen LogP contribution in [0.15, 0.2) is 237 Å². The Morgan fingerprint density at radius 1 is 0.261 bits per heavy atom. The lowest BCUT2D eigenvalue weighted by atomic mass is 10.0. The summed E-state index contributed by atoms with van der Waals surface area (Å²) < 4.78 is 7.45. The molecule has 322 valence electrons. The van der Waals surface area contributed by atoms with Crippen molar-refractivity contribution in [1.82, 2.24) is 24.1 Å². The SMILES string of the molecule is c1ccc(-c2cccc(-c3nc(-c4ccc(-n5c6ccccc6c6ccc7c8ccc9c%10ccccc%10n(-c%10ccccc%10)c9c8sc7c65)cc4)nc(-c4cccc(-c5ccccc5)c4)n3)c2)cc1. The molecule has 0 aliphatic rings. The fourth-order valence-corrected chi connectivity index (χ4v) is 11.7. The lowest BCUT2D eigenvalue weighted by Crippen LogP contribution is -2.01. The average Bonchev–Trinajstić information content (AvgIpc) is 4.10. The zero-order valence-corrected chi connectivity index (χ0v) is 38.0. The molecule has 0 bridgehead atoms. The van der Waals surface area contributed by atoms with Crippen molar-refractivity contribution in [3.05, 3.63) is 237 Å². The van der Waals surface area contributed by atoms with Gasteiger partial charge in [0.15, 0.2) is 17.5 Å². The fourth-order valence-electron chi connectivity index (χ4n) is 10.4. The van der Waals surface area contributed by atoms with Gasteiger partial charge in [-0.3, -0.25) is 0 Å². The summed E-state index contributed by atoms with van der Waals surface area (Å²) in [7, 11) is 0. The van der Waals surface area contributed by atoms with Gasteiger partial charge in [0.1, 0.15) is 0 Å². The molecular weight excluding hydrogens is 859 g/mol. The van der Waals surface area contributed by atoms with E-state index in [1.165, 1.54) is 58.3 Å². The van der Waals surface area contributed by atoms with Crippen molar-refractivity contribution in [1.29, 1.82) is 0 Å². The molecular formula is C63H39N5S. The van der Waals surface area contributed by atoms with Gasteiger partial charge in [-0.1, -0.05) is 176 Å². The average molecular weight is 898 g/mol. The van der Waals surface area contributed by atoms with Crippen LogP contribution in [0, 0.1) is 0 Å². The number of para-hydroxylation sites is 3. The molecule has 5 nitrogen and oxygen atoms in total. The van der Waals surface area contributed by atoms with E-state index < -0.39 is 0 Å². The lowest BCUT2D eigenvalue weighted by molar-refractivity contribution is 1.07. The summed E-state index contributed by atoms with van der Waals surface area (Å²) in [6, 6.07) is 84.2. The minimum absolute atomic E-state index is 0.615. The molecule has 14 rings (SSSR count).